The maximum atomic E-state index is 12.3. The van der Waals surface area contributed by atoms with Crippen LogP contribution in [0.15, 0.2) is 0 Å². The summed E-state index contributed by atoms with van der Waals surface area (Å²) < 4.78 is 26.2. The van der Waals surface area contributed by atoms with Gasteiger partial charge in [-0.3, -0.25) is 0 Å². The summed E-state index contributed by atoms with van der Waals surface area (Å²) in [5.74, 6) is 0.775. The van der Waals surface area contributed by atoms with E-state index in [4.69, 9.17) is 0 Å². The molecule has 5 heteroatoms. The van der Waals surface area contributed by atoms with E-state index in [0.29, 0.717) is 11.7 Å². The molecule has 1 saturated carbocycles. The molecule has 0 aromatic carbocycles. The zero-order valence-electron chi connectivity index (χ0n) is 10.7. The van der Waals surface area contributed by atoms with Crippen LogP contribution in [0.2, 0.25) is 0 Å². The fraction of sp³-hybridized carbons (Fsp3) is 1.00. The van der Waals surface area contributed by atoms with Gasteiger partial charge >= 0.3 is 0 Å². The van der Waals surface area contributed by atoms with Crippen molar-refractivity contribution in [1.29, 1.82) is 0 Å². The average molecular weight is 260 g/mol. The van der Waals surface area contributed by atoms with Crippen molar-refractivity contribution in [1.82, 2.24) is 9.62 Å². The highest BCUT2D eigenvalue weighted by Gasteiger charge is 2.30. The Morgan fingerprint density at radius 1 is 1.12 bits per heavy atom. The molecular formula is C12H24N2O2S. The molecular weight excluding hydrogens is 236 g/mol. The van der Waals surface area contributed by atoms with Gasteiger partial charge in [-0.05, 0) is 44.7 Å². The van der Waals surface area contributed by atoms with Gasteiger partial charge in [-0.1, -0.05) is 12.8 Å². The Kier molecular flexibility index (Phi) is 4.44. The SMILES string of the molecule is CN(C1CCNCC1)S(=O)(=O)CC1CCCC1. The summed E-state index contributed by atoms with van der Waals surface area (Å²) in [5.41, 5.74) is 0. The van der Waals surface area contributed by atoms with Crippen molar-refractivity contribution >= 4 is 10.0 Å². The summed E-state index contributed by atoms with van der Waals surface area (Å²) in [6.45, 7) is 1.88. The Morgan fingerprint density at radius 3 is 2.29 bits per heavy atom. The molecule has 2 aliphatic rings. The molecule has 1 aliphatic heterocycles. The van der Waals surface area contributed by atoms with Gasteiger partial charge in [0.25, 0.3) is 0 Å². The third kappa shape index (κ3) is 3.42. The highest BCUT2D eigenvalue weighted by Crippen LogP contribution is 2.27. The summed E-state index contributed by atoms with van der Waals surface area (Å²) in [7, 11) is -1.27. The Bertz CT molecular complexity index is 330. The molecule has 0 aromatic rings. The largest absolute Gasteiger partial charge is 0.317 e. The fourth-order valence-electron chi connectivity index (χ4n) is 2.99. The molecule has 100 valence electrons. The second-order valence-electron chi connectivity index (χ2n) is 5.43. The normalized spacial score (nSPS) is 24.6. The lowest BCUT2D eigenvalue weighted by Crippen LogP contribution is -2.45. The summed E-state index contributed by atoms with van der Waals surface area (Å²) >= 11 is 0. The van der Waals surface area contributed by atoms with E-state index in [1.54, 1.807) is 11.4 Å². The molecule has 0 bridgehead atoms. The average Bonchev–Trinajstić information content (AvgIpc) is 2.81. The van der Waals surface area contributed by atoms with Gasteiger partial charge in [0, 0.05) is 13.1 Å². The van der Waals surface area contributed by atoms with Gasteiger partial charge in [0.1, 0.15) is 0 Å². The summed E-state index contributed by atoms with van der Waals surface area (Å²) in [6.07, 6.45) is 6.49. The standard InChI is InChI=1S/C12H24N2O2S/c1-14(12-6-8-13-9-7-12)17(15,16)10-11-4-2-3-5-11/h11-13H,2-10H2,1H3. The Balaban J connectivity index is 1.93. The number of rotatable bonds is 4. The molecule has 0 radical (unpaired) electrons. The minimum absolute atomic E-state index is 0.211. The Hall–Kier alpha value is -0.130. The number of nitrogens with zero attached hydrogens (tertiary/aromatic N) is 1. The predicted octanol–water partition coefficient (Wildman–Crippen LogP) is 1.19. The number of nitrogens with one attached hydrogen (secondary N) is 1. The maximum Gasteiger partial charge on any atom is 0.214 e. The fourth-order valence-corrected chi connectivity index (χ4v) is 4.82. The van der Waals surface area contributed by atoms with Crippen LogP contribution in [0.1, 0.15) is 38.5 Å². The molecule has 2 fully saturated rings. The van der Waals surface area contributed by atoms with E-state index in [1.165, 1.54) is 12.8 Å². The number of hydrogen-bond acceptors (Lipinski definition) is 3. The van der Waals surface area contributed by atoms with Crippen LogP contribution < -0.4 is 5.32 Å². The molecule has 1 N–H and O–H groups in total. The number of sulfonamides is 1. The van der Waals surface area contributed by atoms with E-state index < -0.39 is 10.0 Å². The molecule has 0 aromatic heterocycles. The molecule has 0 unspecified atom stereocenters. The van der Waals surface area contributed by atoms with Crippen LogP contribution in [0.3, 0.4) is 0 Å². The van der Waals surface area contributed by atoms with Gasteiger partial charge in [0.05, 0.1) is 5.75 Å². The van der Waals surface area contributed by atoms with E-state index in [-0.39, 0.29) is 6.04 Å². The van der Waals surface area contributed by atoms with Crippen molar-refractivity contribution in [3.63, 3.8) is 0 Å². The van der Waals surface area contributed by atoms with Crippen LogP contribution in [0.4, 0.5) is 0 Å². The van der Waals surface area contributed by atoms with E-state index in [0.717, 1.165) is 38.8 Å². The molecule has 17 heavy (non-hydrogen) atoms. The minimum Gasteiger partial charge on any atom is -0.317 e. The number of hydrogen-bond donors (Lipinski definition) is 1. The zero-order chi connectivity index (χ0) is 12.3. The van der Waals surface area contributed by atoms with Crippen LogP contribution in [0.25, 0.3) is 0 Å². The second kappa shape index (κ2) is 5.67. The van der Waals surface area contributed by atoms with Gasteiger partial charge in [-0.25, -0.2) is 12.7 Å². The van der Waals surface area contributed by atoms with Crippen LogP contribution >= 0.6 is 0 Å². The molecule has 4 nitrogen and oxygen atoms in total. The van der Waals surface area contributed by atoms with E-state index in [2.05, 4.69) is 5.32 Å². The minimum atomic E-state index is -3.04. The molecule has 1 heterocycles. The topological polar surface area (TPSA) is 49.4 Å². The quantitative estimate of drug-likeness (QED) is 0.826. The van der Waals surface area contributed by atoms with Crippen molar-refractivity contribution in [2.75, 3.05) is 25.9 Å². The highest BCUT2D eigenvalue weighted by atomic mass is 32.2. The first-order valence-corrected chi connectivity index (χ1v) is 8.37. The summed E-state index contributed by atoms with van der Waals surface area (Å²) in [6, 6.07) is 0.211. The molecule has 1 saturated heterocycles. The van der Waals surface area contributed by atoms with Gasteiger partial charge in [-0.15, -0.1) is 0 Å². The smallest absolute Gasteiger partial charge is 0.214 e. The van der Waals surface area contributed by atoms with Crippen LogP contribution in [0.5, 0.6) is 0 Å². The van der Waals surface area contributed by atoms with Crippen molar-refractivity contribution < 1.29 is 8.42 Å². The Labute approximate surface area is 105 Å². The first-order valence-electron chi connectivity index (χ1n) is 6.76. The lowest BCUT2D eigenvalue weighted by molar-refractivity contribution is 0.294. The van der Waals surface area contributed by atoms with E-state index >= 15 is 0 Å². The van der Waals surface area contributed by atoms with E-state index in [1.807, 2.05) is 0 Å². The van der Waals surface area contributed by atoms with Crippen molar-refractivity contribution in [3.8, 4) is 0 Å². The van der Waals surface area contributed by atoms with Gasteiger partial charge in [0.15, 0.2) is 0 Å². The summed E-state index contributed by atoms with van der Waals surface area (Å²) in [4.78, 5) is 0. The lowest BCUT2D eigenvalue weighted by atomic mass is 10.1. The summed E-state index contributed by atoms with van der Waals surface area (Å²) in [5, 5.41) is 3.27. The first kappa shape index (κ1) is 13.3. The lowest BCUT2D eigenvalue weighted by Gasteiger charge is -2.31. The van der Waals surface area contributed by atoms with Crippen molar-refractivity contribution in [2.45, 2.75) is 44.6 Å². The van der Waals surface area contributed by atoms with Crippen molar-refractivity contribution in [3.05, 3.63) is 0 Å². The van der Waals surface area contributed by atoms with Crippen LogP contribution in [-0.4, -0.2) is 44.7 Å². The second-order valence-corrected chi connectivity index (χ2v) is 7.50. The van der Waals surface area contributed by atoms with Crippen LogP contribution in [0, 0.1) is 5.92 Å². The van der Waals surface area contributed by atoms with Gasteiger partial charge < -0.3 is 5.32 Å². The predicted molar refractivity (Wildman–Crippen MR) is 69.4 cm³/mol. The third-order valence-corrected chi connectivity index (χ3v) is 6.25. The molecule has 0 spiro atoms. The zero-order valence-corrected chi connectivity index (χ0v) is 11.5. The molecule has 0 amide bonds. The number of piperidine rings is 1. The molecule has 2 rings (SSSR count). The van der Waals surface area contributed by atoms with E-state index in [9.17, 15) is 8.42 Å². The first-order chi connectivity index (χ1) is 8.09. The molecule has 0 atom stereocenters. The third-order valence-electron chi connectivity index (χ3n) is 4.18. The van der Waals surface area contributed by atoms with Gasteiger partial charge in [-0.2, -0.15) is 0 Å². The Morgan fingerprint density at radius 2 is 1.71 bits per heavy atom. The maximum absolute atomic E-state index is 12.3. The van der Waals surface area contributed by atoms with Crippen molar-refractivity contribution in [2.24, 2.45) is 5.92 Å². The van der Waals surface area contributed by atoms with Crippen LogP contribution in [-0.2, 0) is 10.0 Å². The highest BCUT2D eigenvalue weighted by molar-refractivity contribution is 7.89. The molecule has 1 aliphatic carbocycles. The monoisotopic (exact) mass is 260 g/mol. The van der Waals surface area contributed by atoms with Gasteiger partial charge in [0.2, 0.25) is 10.0 Å².